The third kappa shape index (κ3) is 4.28. The molecule has 33 heavy (non-hydrogen) atoms. The largest absolute Gasteiger partial charge is 0.494 e. The Balaban J connectivity index is 1.59. The Kier molecular flexibility index (Phi) is 6.31. The first-order valence-electron chi connectivity index (χ1n) is 10.7. The summed E-state index contributed by atoms with van der Waals surface area (Å²) in [6.45, 7) is 3.73. The van der Waals surface area contributed by atoms with Gasteiger partial charge in [-0.05, 0) is 25.1 Å². The van der Waals surface area contributed by atoms with Gasteiger partial charge in [-0.25, -0.2) is 4.68 Å². The summed E-state index contributed by atoms with van der Waals surface area (Å²) in [4.78, 5) is 16.2. The maximum atomic E-state index is 13.4. The number of aryl methyl sites for hydroxylation is 1. The maximum absolute atomic E-state index is 13.4. The van der Waals surface area contributed by atoms with E-state index in [0.29, 0.717) is 54.9 Å². The maximum Gasteiger partial charge on any atom is 0.420 e. The van der Waals surface area contributed by atoms with Crippen LogP contribution in [0.4, 0.5) is 18.9 Å². The Morgan fingerprint density at radius 1 is 1.06 bits per heavy atom. The monoisotopic (exact) mass is 462 g/mol. The lowest BCUT2D eigenvalue weighted by atomic mass is 10.1. The van der Waals surface area contributed by atoms with Gasteiger partial charge < -0.3 is 14.7 Å². The van der Waals surface area contributed by atoms with Gasteiger partial charge in [0.1, 0.15) is 5.69 Å². The van der Waals surface area contributed by atoms with Crippen LogP contribution >= 0.6 is 0 Å². The van der Waals surface area contributed by atoms with Crippen LogP contribution in [0.25, 0.3) is 10.8 Å². The van der Waals surface area contributed by atoms with Gasteiger partial charge in [0.15, 0.2) is 12.0 Å². The van der Waals surface area contributed by atoms with E-state index in [1.165, 1.54) is 17.9 Å². The highest BCUT2D eigenvalue weighted by Crippen LogP contribution is 2.42. The van der Waals surface area contributed by atoms with Crippen LogP contribution in [0, 0.1) is 0 Å². The Morgan fingerprint density at radius 3 is 2.33 bits per heavy atom. The summed E-state index contributed by atoms with van der Waals surface area (Å²) >= 11 is 0. The van der Waals surface area contributed by atoms with Gasteiger partial charge in [0.2, 0.25) is 0 Å². The molecule has 2 heterocycles. The molecule has 10 heteroatoms. The number of ether oxygens (including phenoxy) is 1. The first kappa shape index (κ1) is 23.1. The number of para-hydroxylation sites is 1. The first-order chi connectivity index (χ1) is 15.8. The molecule has 0 amide bonds. The lowest BCUT2D eigenvalue weighted by molar-refractivity contribution is -0.138. The smallest absolute Gasteiger partial charge is 0.420 e. The summed E-state index contributed by atoms with van der Waals surface area (Å²) in [6, 6.07) is 11.0. The minimum atomic E-state index is -4.52. The molecule has 7 nitrogen and oxygen atoms in total. The summed E-state index contributed by atoms with van der Waals surface area (Å²) in [5.41, 5.74) is -0.283. The van der Waals surface area contributed by atoms with Gasteiger partial charge >= 0.3 is 6.18 Å². The summed E-state index contributed by atoms with van der Waals surface area (Å²) in [5.74, 6) is -0.207. The molecule has 0 aliphatic carbocycles. The molecule has 4 rings (SSSR count). The quantitative estimate of drug-likeness (QED) is 0.628. The number of halogens is 3. The Labute approximate surface area is 188 Å². The molecule has 176 valence electrons. The van der Waals surface area contributed by atoms with Crippen molar-refractivity contribution in [3.05, 3.63) is 64.1 Å². The number of hydrogen-bond acceptors (Lipinski definition) is 6. The van der Waals surface area contributed by atoms with Crippen molar-refractivity contribution in [1.29, 1.82) is 0 Å². The molecule has 1 atom stereocenters. The van der Waals surface area contributed by atoms with Crippen molar-refractivity contribution in [2.45, 2.75) is 25.9 Å². The number of aliphatic hydroxyl groups is 1. The van der Waals surface area contributed by atoms with Crippen LogP contribution in [0.1, 0.15) is 24.4 Å². The second-order valence-corrected chi connectivity index (χ2v) is 7.80. The molecule has 1 fully saturated rings. The van der Waals surface area contributed by atoms with Gasteiger partial charge in [-0.3, -0.25) is 9.69 Å². The number of piperazine rings is 1. The van der Waals surface area contributed by atoms with E-state index < -0.39 is 18.0 Å². The number of hydrogen-bond donors (Lipinski definition) is 1. The van der Waals surface area contributed by atoms with Gasteiger partial charge in [0.25, 0.3) is 5.56 Å². The number of alkyl halides is 3. The van der Waals surface area contributed by atoms with Crippen LogP contribution in [0.15, 0.2) is 47.3 Å². The SMILES string of the molecule is CCn1nc(C(O)N2CCN(c3cccc(C(F)(F)F)c3OC)CC2)c2ccccc2c1=O. The molecule has 0 radical (unpaired) electrons. The normalized spacial score (nSPS) is 16.2. The van der Waals surface area contributed by atoms with E-state index in [1.54, 1.807) is 42.2 Å². The average molecular weight is 462 g/mol. The second kappa shape index (κ2) is 9.03. The van der Waals surface area contributed by atoms with E-state index in [-0.39, 0.29) is 11.3 Å². The lowest BCUT2D eigenvalue weighted by Crippen LogP contribution is -2.48. The highest BCUT2D eigenvalue weighted by Gasteiger charge is 2.36. The van der Waals surface area contributed by atoms with Gasteiger partial charge in [-0.15, -0.1) is 0 Å². The van der Waals surface area contributed by atoms with E-state index in [1.807, 2.05) is 4.90 Å². The highest BCUT2D eigenvalue weighted by atomic mass is 19.4. The van der Waals surface area contributed by atoms with Crippen molar-refractivity contribution in [3.8, 4) is 5.75 Å². The highest BCUT2D eigenvalue weighted by molar-refractivity contribution is 5.83. The molecule has 0 saturated carbocycles. The van der Waals surface area contributed by atoms with E-state index in [0.717, 1.165) is 6.07 Å². The van der Waals surface area contributed by atoms with Crippen molar-refractivity contribution in [3.63, 3.8) is 0 Å². The van der Waals surface area contributed by atoms with Gasteiger partial charge in [0, 0.05) is 38.1 Å². The fourth-order valence-corrected chi connectivity index (χ4v) is 4.26. The zero-order chi connectivity index (χ0) is 23.8. The summed E-state index contributed by atoms with van der Waals surface area (Å²) in [7, 11) is 1.23. The van der Waals surface area contributed by atoms with Gasteiger partial charge in [0.05, 0.1) is 23.7 Å². The van der Waals surface area contributed by atoms with Crippen molar-refractivity contribution in [2.24, 2.45) is 0 Å². The molecule has 0 spiro atoms. The number of benzene rings is 2. The minimum absolute atomic E-state index is 0.207. The summed E-state index contributed by atoms with van der Waals surface area (Å²) in [5, 5.41) is 16.6. The summed E-state index contributed by atoms with van der Waals surface area (Å²) in [6.07, 6.45) is -5.58. The topological polar surface area (TPSA) is 70.8 Å². The van der Waals surface area contributed by atoms with E-state index in [9.17, 15) is 23.1 Å². The van der Waals surface area contributed by atoms with Gasteiger partial charge in [-0.2, -0.15) is 18.3 Å². The number of fused-ring (bicyclic) bond motifs is 1. The lowest BCUT2D eigenvalue weighted by Gasteiger charge is -2.39. The van der Waals surface area contributed by atoms with Crippen LogP contribution in [-0.2, 0) is 12.7 Å². The van der Waals surface area contributed by atoms with Crippen LogP contribution < -0.4 is 15.2 Å². The third-order valence-corrected chi connectivity index (χ3v) is 5.95. The molecule has 1 N–H and O–H groups in total. The fourth-order valence-electron chi connectivity index (χ4n) is 4.26. The zero-order valence-electron chi connectivity index (χ0n) is 18.3. The average Bonchev–Trinajstić information content (AvgIpc) is 2.83. The molecule has 1 aromatic heterocycles. The number of rotatable bonds is 5. The molecule has 3 aromatic rings. The fraction of sp³-hybridized carbons (Fsp3) is 0.391. The zero-order valence-corrected chi connectivity index (χ0v) is 18.3. The van der Waals surface area contributed by atoms with E-state index in [2.05, 4.69) is 5.10 Å². The molecule has 2 aromatic carbocycles. The number of aliphatic hydroxyl groups excluding tert-OH is 1. The van der Waals surface area contributed by atoms with Crippen LogP contribution in [-0.4, -0.2) is 53.1 Å². The molecule has 0 bridgehead atoms. The van der Waals surface area contributed by atoms with Crippen LogP contribution in [0.5, 0.6) is 5.75 Å². The first-order valence-corrected chi connectivity index (χ1v) is 10.7. The summed E-state index contributed by atoms with van der Waals surface area (Å²) < 4.78 is 46.6. The minimum Gasteiger partial charge on any atom is -0.494 e. The number of anilines is 1. The second-order valence-electron chi connectivity index (χ2n) is 7.80. The van der Waals surface area contributed by atoms with E-state index in [4.69, 9.17) is 4.74 Å². The van der Waals surface area contributed by atoms with Crippen LogP contribution in [0.3, 0.4) is 0 Å². The van der Waals surface area contributed by atoms with E-state index >= 15 is 0 Å². The standard InChI is InChI=1S/C23H25F3N4O3/c1-3-30-21(31)16-8-5-4-7-15(16)19(27-30)22(32)29-13-11-28(12-14-29)18-10-6-9-17(20(18)33-2)23(24,25)26/h4-10,22,32H,3,11-14H2,1-2H3. The van der Waals surface area contributed by atoms with Crippen LogP contribution in [0.2, 0.25) is 0 Å². The third-order valence-electron chi connectivity index (χ3n) is 5.95. The predicted octanol–water partition coefficient (Wildman–Crippen LogP) is 3.26. The van der Waals surface area contributed by atoms with Crippen molar-refractivity contribution in [2.75, 3.05) is 38.2 Å². The van der Waals surface area contributed by atoms with Crippen molar-refractivity contribution < 1.29 is 23.0 Å². The van der Waals surface area contributed by atoms with Crippen molar-refractivity contribution >= 4 is 16.5 Å². The molecular weight excluding hydrogens is 437 g/mol. The Bertz CT molecular complexity index is 1200. The number of aromatic nitrogens is 2. The van der Waals surface area contributed by atoms with Gasteiger partial charge in [-0.1, -0.05) is 24.3 Å². The number of nitrogens with zero attached hydrogens (tertiary/aromatic N) is 4. The molecule has 1 unspecified atom stereocenters. The van der Waals surface area contributed by atoms with Crippen molar-refractivity contribution in [1.82, 2.24) is 14.7 Å². The number of methoxy groups -OCH3 is 1. The molecular formula is C23H25F3N4O3. The predicted molar refractivity (Wildman–Crippen MR) is 118 cm³/mol. The molecule has 1 saturated heterocycles. The molecule has 1 aliphatic heterocycles. The Morgan fingerprint density at radius 2 is 1.73 bits per heavy atom. The Hall–Kier alpha value is -3.11. The molecule has 1 aliphatic rings.